The van der Waals surface area contributed by atoms with Crippen molar-refractivity contribution in [3.63, 3.8) is 0 Å². The van der Waals surface area contributed by atoms with Crippen LogP contribution >= 0.6 is 15.9 Å². The average molecular weight is 784 g/mol. The maximum Gasteiger partial charge on any atom is 0.338 e. The number of esters is 3. The van der Waals surface area contributed by atoms with Gasteiger partial charge in [0.1, 0.15) is 6.61 Å². The van der Waals surface area contributed by atoms with Crippen molar-refractivity contribution in [3.05, 3.63) is 180 Å². The number of rotatable bonds is 13. The third-order valence-electron chi connectivity index (χ3n) is 8.36. The topological polar surface area (TPSA) is 96.0 Å². The second-order valence-corrected chi connectivity index (χ2v) is 13.0. The predicted octanol–water partition coefficient (Wildman–Crippen LogP) is 10.3. The Balaban J connectivity index is 0.00000276. The smallest absolute Gasteiger partial charge is 0.338 e. The number of aldehydes is 1. The van der Waals surface area contributed by atoms with Crippen molar-refractivity contribution in [3.8, 4) is 33.4 Å². The molecule has 0 amide bonds. The van der Waals surface area contributed by atoms with Crippen LogP contribution in [0.3, 0.4) is 0 Å². The lowest BCUT2D eigenvalue weighted by Crippen LogP contribution is -2.44. The van der Waals surface area contributed by atoms with Crippen molar-refractivity contribution >= 4 is 40.1 Å². The van der Waals surface area contributed by atoms with Crippen molar-refractivity contribution in [1.29, 1.82) is 0 Å². The van der Waals surface area contributed by atoms with Gasteiger partial charge in [-0.25, -0.2) is 14.4 Å². The average Bonchev–Trinajstić information content (AvgIpc) is 3.25. The fourth-order valence-corrected chi connectivity index (χ4v) is 6.06. The summed E-state index contributed by atoms with van der Waals surface area (Å²) < 4.78 is 17.0. The van der Waals surface area contributed by atoms with Crippen LogP contribution in [0, 0.1) is 0 Å². The molecule has 0 spiro atoms. The first-order valence-corrected chi connectivity index (χ1v) is 18.5. The minimum Gasteiger partial charge on any atom is -0.461 e. The van der Waals surface area contributed by atoms with Gasteiger partial charge in [-0.05, 0) is 69.8 Å². The van der Waals surface area contributed by atoms with Gasteiger partial charge in [-0.15, -0.1) is 0 Å². The van der Waals surface area contributed by atoms with Crippen molar-refractivity contribution in [2.75, 3.05) is 6.61 Å². The number of halogens is 1. The summed E-state index contributed by atoms with van der Waals surface area (Å²) in [6.07, 6.45) is -2.51. The Morgan fingerprint density at radius 3 is 1.15 bits per heavy atom. The molecule has 0 heterocycles. The molecule has 54 heavy (non-hydrogen) atoms. The normalized spacial score (nSPS) is 12.1. The zero-order chi connectivity index (χ0) is 38.3. The quantitative estimate of drug-likeness (QED) is 0.0498. The maximum absolute atomic E-state index is 13.5. The summed E-state index contributed by atoms with van der Waals surface area (Å²) in [5, 5.41) is 0. The number of hydrogen-bond donors (Lipinski definition) is 0. The molecule has 3 atom stereocenters. The Bertz CT molecular complexity index is 2100. The molecule has 6 aromatic carbocycles. The second kappa shape index (κ2) is 19.6. The van der Waals surface area contributed by atoms with Crippen LogP contribution in [0.5, 0.6) is 0 Å². The number of ether oxygens (including phenoxy) is 3. The van der Waals surface area contributed by atoms with Crippen LogP contribution in [0.15, 0.2) is 164 Å². The molecule has 0 N–H and O–H groups in total. The molecule has 0 saturated heterocycles. The maximum atomic E-state index is 13.5. The lowest BCUT2D eigenvalue weighted by Gasteiger charge is -2.27. The van der Waals surface area contributed by atoms with Gasteiger partial charge in [0.15, 0.2) is 18.5 Å². The summed E-state index contributed by atoms with van der Waals surface area (Å²) >= 11 is 3.45. The SMILES string of the molecule is CC.O=C[C@@H](OC(=O)c1ccc(-c2ccccc2)cc1)[C@@H](OC(=O)c1ccc(-c2ccccc2)cc1)C(Br)COC(=O)c1ccc(-c2ccccc2)cc1. The summed E-state index contributed by atoms with van der Waals surface area (Å²) in [6, 6.07) is 49.5. The van der Waals surface area contributed by atoms with Gasteiger partial charge >= 0.3 is 17.9 Å². The van der Waals surface area contributed by atoms with Crippen molar-refractivity contribution < 1.29 is 33.4 Å². The monoisotopic (exact) mass is 782 g/mol. The van der Waals surface area contributed by atoms with E-state index in [2.05, 4.69) is 15.9 Å². The van der Waals surface area contributed by atoms with Crippen molar-refractivity contribution in [2.24, 2.45) is 0 Å². The van der Waals surface area contributed by atoms with Crippen LogP contribution in [0.2, 0.25) is 0 Å². The summed E-state index contributed by atoms with van der Waals surface area (Å²) in [5.74, 6) is -2.17. The summed E-state index contributed by atoms with van der Waals surface area (Å²) in [6.45, 7) is 3.69. The number of benzene rings is 6. The van der Waals surface area contributed by atoms with E-state index in [1.165, 1.54) is 0 Å². The highest BCUT2D eigenvalue weighted by atomic mass is 79.9. The molecule has 1 unspecified atom stereocenters. The van der Waals surface area contributed by atoms with Crippen LogP contribution in [0.4, 0.5) is 0 Å². The molecular formula is C46H39BrO7. The molecule has 0 saturated carbocycles. The van der Waals surface area contributed by atoms with Gasteiger partial charge in [-0.3, -0.25) is 4.79 Å². The molecule has 0 aliphatic carbocycles. The van der Waals surface area contributed by atoms with E-state index in [1.807, 2.05) is 117 Å². The molecular weight excluding hydrogens is 744 g/mol. The molecule has 0 aliphatic heterocycles. The van der Waals surface area contributed by atoms with E-state index in [1.54, 1.807) is 60.7 Å². The second-order valence-electron chi connectivity index (χ2n) is 11.8. The summed E-state index contributed by atoms with van der Waals surface area (Å²) in [4.78, 5) is 51.3. The van der Waals surface area contributed by atoms with Gasteiger partial charge in [0.2, 0.25) is 0 Å². The van der Waals surface area contributed by atoms with E-state index in [9.17, 15) is 19.2 Å². The predicted molar refractivity (Wildman–Crippen MR) is 214 cm³/mol. The molecule has 0 fully saturated rings. The first kappa shape index (κ1) is 39.1. The molecule has 8 heteroatoms. The van der Waals surface area contributed by atoms with E-state index in [0.717, 1.165) is 33.4 Å². The molecule has 0 bridgehead atoms. The van der Waals surface area contributed by atoms with Crippen LogP contribution in [0.25, 0.3) is 33.4 Å². The number of carbonyl (C=O) groups excluding carboxylic acids is 4. The molecule has 272 valence electrons. The van der Waals surface area contributed by atoms with Crippen LogP contribution in [0.1, 0.15) is 44.9 Å². The summed E-state index contributed by atoms with van der Waals surface area (Å²) in [7, 11) is 0. The highest BCUT2D eigenvalue weighted by molar-refractivity contribution is 9.09. The zero-order valence-corrected chi connectivity index (χ0v) is 31.4. The largest absolute Gasteiger partial charge is 0.461 e. The third-order valence-corrected chi connectivity index (χ3v) is 9.14. The van der Waals surface area contributed by atoms with E-state index in [-0.39, 0.29) is 17.7 Å². The van der Waals surface area contributed by atoms with E-state index in [0.29, 0.717) is 11.8 Å². The Kier molecular flexibility index (Phi) is 14.2. The highest BCUT2D eigenvalue weighted by Crippen LogP contribution is 2.25. The molecule has 0 aliphatic rings. The van der Waals surface area contributed by atoms with E-state index in [4.69, 9.17) is 14.2 Å². The minimum atomic E-state index is -1.54. The summed E-state index contributed by atoms with van der Waals surface area (Å²) in [5.41, 5.74) is 6.40. The number of hydrogen-bond acceptors (Lipinski definition) is 7. The van der Waals surface area contributed by atoms with Crippen molar-refractivity contribution in [1.82, 2.24) is 0 Å². The number of carbonyl (C=O) groups is 4. The van der Waals surface area contributed by atoms with Crippen LogP contribution in [-0.4, -0.2) is 47.8 Å². The first-order valence-electron chi connectivity index (χ1n) is 17.5. The third kappa shape index (κ3) is 10.3. The van der Waals surface area contributed by atoms with Gasteiger partial charge in [0, 0.05) is 0 Å². The molecule has 0 aromatic heterocycles. The first-order chi connectivity index (χ1) is 26.4. The van der Waals surface area contributed by atoms with Crippen molar-refractivity contribution in [2.45, 2.75) is 30.9 Å². The molecule has 7 nitrogen and oxygen atoms in total. The lowest BCUT2D eigenvalue weighted by atomic mass is 10.0. The zero-order valence-electron chi connectivity index (χ0n) is 29.8. The Hall–Kier alpha value is -6.12. The molecule has 6 aromatic rings. The van der Waals surface area contributed by atoms with Crippen LogP contribution < -0.4 is 0 Å². The highest BCUT2D eigenvalue weighted by Gasteiger charge is 2.36. The number of alkyl halides is 1. The molecule has 6 rings (SSSR count). The lowest BCUT2D eigenvalue weighted by molar-refractivity contribution is -0.122. The van der Waals surface area contributed by atoms with Gasteiger partial charge in [-0.2, -0.15) is 0 Å². The minimum absolute atomic E-state index is 0.199. The Morgan fingerprint density at radius 1 is 0.481 bits per heavy atom. The van der Waals surface area contributed by atoms with E-state index >= 15 is 0 Å². The van der Waals surface area contributed by atoms with Gasteiger partial charge < -0.3 is 14.2 Å². The Morgan fingerprint density at radius 2 is 0.796 bits per heavy atom. The molecule has 0 radical (unpaired) electrons. The van der Waals surface area contributed by atoms with Gasteiger partial charge in [0.05, 0.1) is 21.5 Å². The van der Waals surface area contributed by atoms with Gasteiger partial charge in [0.25, 0.3) is 0 Å². The van der Waals surface area contributed by atoms with E-state index < -0.39 is 34.9 Å². The van der Waals surface area contributed by atoms with Crippen LogP contribution in [-0.2, 0) is 19.0 Å². The van der Waals surface area contributed by atoms with Gasteiger partial charge in [-0.1, -0.05) is 157 Å². The fourth-order valence-electron chi connectivity index (χ4n) is 5.52. The Labute approximate surface area is 323 Å². The fraction of sp³-hybridized carbons (Fsp3) is 0.130. The standard InChI is InChI=1S/C44H33BrO7.C2H6/c45-39(29-50-42(47)36-22-16-33(17-23-36)30-10-4-1-5-11-30)41(52-44(49)38-26-20-35(21-27-38)32-14-8-3-9-15-32)40(28-46)51-43(48)37-24-18-34(19-25-37)31-12-6-2-7-13-31;1-2/h1-28,39-41H,29H2;1-2H3/t39?,40-,41+;/m1./s1.